The molecule has 0 fully saturated rings. The first-order valence-corrected chi connectivity index (χ1v) is 4.25. The molecule has 15 heavy (non-hydrogen) atoms. The number of carboxylic acid groups (broad SMARTS) is 3. The molecule has 0 radical (unpaired) electrons. The van der Waals surface area contributed by atoms with Crippen molar-refractivity contribution in [1.29, 1.82) is 0 Å². The molecule has 0 rings (SSSR count). The first-order valence-electron chi connectivity index (χ1n) is 4.25. The van der Waals surface area contributed by atoms with Crippen LogP contribution >= 0.6 is 0 Å². The highest BCUT2D eigenvalue weighted by Gasteiger charge is 2.24. The fraction of sp³-hybridized carbons (Fsp3) is 0.750. The van der Waals surface area contributed by atoms with Crippen molar-refractivity contribution >= 4 is 12.2 Å². The molecule has 0 aromatic rings. The summed E-state index contributed by atoms with van der Waals surface area (Å²) in [5, 5.41) is 22.7. The van der Waals surface area contributed by atoms with E-state index in [-0.39, 0.29) is 5.54 Å². The quantitative estimate of drug-likeness (QED) is 0.551. The van der Waals surface area contributed by atoms with Crippen LogP contribution in [-0.4, -0.2) is 51.1 Å². The maximum Gasteiger partial charge on any atom is 0.503 e. The highest BCUT2D eigenvalue weighted by molar-refractivity contribution is 5.65. The molecule has 0 saturated carbocycles. The smallest absolute Gasteiger partial charge is 0.465 e. The Kier molecular flexibility index (Phi) is 7.32. The summed E-state index contributed by atoms with van der Waals surface area (Å²) in [6.45, 7) is 6.28. The normalized spacial score (nSPS) is 9.87. The third kappa shape index (κ3) is 10.4. The molecule has 0 aliphatic carbocycles. The Morgan fingerprint density at radius 3 is 1.60 bits per heavy atom. The molecule has 0 bridgehead atoms. The Labute approximate surface area is 88.1 Å². The second-order valence-corrected chi connectivity index (χ2v) is 3.68. The Hall–Kier alpha value is -1.50. The average molecular weight is 222 g/mol. The van der Waals surface area contributed by atoms with Crippen molar-refractivity contribution < 1.29 is 24.9 Å². The van der Waals surface area contributed by atoms with E-state index in [1.165, 1.54) is 4.90 Å². The van der Waals surface area contributed by atoms with Crippen LogP contribution in [0.2, 0.25) is 0 Å². The summed E-state index contributed by atoms with van der Waals surface area (Å²) in [4.78, 5) is 20.5. The number of hydrogen-bond acceptors (Lipinski definition) is 3. The van der Waals surface area contributed by atoms with Crippen LogP contribution in [0.15, 0.2) is 0 Å². The van der Waals surface area contributed by atoms with Crippen LogP contribution in [0.5, 0.6) is 0 Å². The lowest BCUT2D eigenvalue weighted by Gasteiger charge is -2.32. The molecule has 7 nitrogen and oxygen atoms in total. The molecular formula is C8H18N2O5. The maximum absolute atomic E-state index is 10.6. The summed E-state index contributed by atoms with van der Waals surface area (Å²) in [5.41, 5.74) is 4.90. The van der Waals surface area contributed by atoms with Crippen LogP contribution in [-0.2, 0) is 0 Å². The van der Waals surface area contributed by atoms with Crippen molar-refractivity contribution in [3.8, 4) is 0 Å². The first-order chi connectivity index (χ1) is 6.62. The molecule has 0 atom stereocenters. The van der Waals surface area contributed by atoms with Crippen molar-refractivity contribution in [1.82, 2.24) is 4.90 Å². The molecule has 0 aromatic heterocycles. The molecule has 0 aliphatic rings. The van der Waals surface area contributed by atoms with Gasteiger partial charge in [-0.2, -0.15) is 0 Å². The molecule has 0 unspecified atom stereocenters. The van der Waals surface area contributed by atoms with Gasteiger partial charge in [0, 0.05) is 18.6 Å². The van der Waals surface area contributed by atoms with Gasteiger partial charge in [-0.1, -0.05) is 0 Å². The van der Waals surface area contributed by atoms with Crippen molar-refractivity contribution in [3.05, 3.63) is 0 Å². The van der Waals surface area contributed by atoms with Gasteiger partial charge in [0.1, 0.15) is 0 Å². The fourth-order valence-electron chi connectivity index (χ4n) is 0.847. The molecule has 7 heteroatoms. The predicted octanol–water partition coefficient (Wildman–Crippen LogP) is 0.946. The number of rotatable bonds is 2. The van der Waals surface area contributed by atoms with Gasteiger partial charge in [-0.3, -0.25) is 0 Å². The molecule has 0 spiro atoms. The standard InChI is InChI=1S/C7H16N2O2.CH2O3/c1-7(2,3)9(5-4-8)6(10)11;2-1(3)4/h4-5,8H2,1-3H3,(H,10,11);(H2,2,3,4). The fourth-order valence-corrected chi connectivity index (χ4v) is 0.847. The number of hydrogen-bond donors (Lipinski definition) is 4. The zero-order valence-electron chi connectivity index (χ0n) is 9.10. The van der Waals surface area contributed by atoms with E-state index in [0.29, 0.717) is 13.1 Å². The Morgan fingerprint density at radius 2 is 1.53 bits per heavy atom. The van der Waals surface area contributed by atoms with E-state index in [2.05, 4.69) is 0 Å². The van der Waals surface area contributed by atoms with Gasteiger partial charge in [0.25, 0.3) is 0 Å². The largest absolute Gasteiger partial charge is 0.503 e. The van der Waals surface area contributed by atoms with E-state index in [4.69, 9.17) is 25.8 Å². The molecule has 0 heterocycles. The van der Waals surface area contributed by atoms with E-state index in [0.717, 1.165) is 0 Å². The number of nitrogens with zero attached hydrogens (tertiary/aromatic N) is 1. The molecule has 1 amide bonds. The van der Waals surface area contributed by atoms with Crippen molar-refractivity contribution in [2.45, 2.75) is 26.3 Å². The minimum absolute atomic E-state index is 0.356. The van der Waals surface area contributed by atoms with E-state index >= 15 is 0 Å². The summed E-state index contributed by atoms with van der Waals surface area (Å²) < 4.78 is 0. The Bertz CT molecular complexity index is 208. The molecular weight excluding hydrogens is 204 g/mol. The first kappa shape index (κ1) is 15.9. The van der Waals surface area contributed by atoms with Crippen LogP contribution in [0.3, 0.4) is 0 Å². The Balaban J connectivity index is 0. The van der Waals surface area contributed by atoms with Crippen LogP contribution < -0.4 is 5.73 Å². The molecule has 0 aliphatic heterocycles. The number of carbonyl (C=O) groups is 2. The van der Waals surface area contributed by atoms with E-state index in [1.807, 2.05) is 20.8 Å². The topological polar surface area (TPSA) is 124 Å². The van der Waals surface area contributed by atoms with E-state index in [9.17, 15) is 4.79 Å². The van der Waals surface area contributed by atoms with Gasteiger partial charge in [-0.05, 0) is 20.8 Å². The highest BCUT2D eigenvalue weighted by Crippen LogP contribution is 2.11. The highest BCUT2D eigenvalue weighted by atomic mass is 16.6. The SMILES string of the molecule is CC(C)(C)N(CCN)C(=O)O.O=C(O)O. The lowest BCUT2D eigenvalue weighted by atomic mass is 10.1. The van der Waals surface area contributed by atoms with Crippen molar-refractivity contribution in [3.63, 3.8) is 0 Å². The third-order valence-corrected chi connectivity index (χ3v) is 1.39. The van der Waals surface area contributed by atoms with Gasteiger partial charge in [-0.15, -0.1) is 0 Å². The summed E-state index contributed by atoms with van der Waals surface area (Å²) in [7, 11) is 0. The molecule has 0 saturated heterocycles. The summed E-state index contributed by atoms with van der Waals surface area (Å²) >= 11 is 0. The van der Waals surface area contributed by atoms with Gasteiger partial charge in [0.15, 0.2) is 0 Å². The van der Waals surface area contributed by atoms with Crippen molar-refractivity contribution in [2.24, 2.45) is 5.73 Å². The van der Waals surface area contributed by atoms with Crippen LogP contribution in [0.25, 0.3) is 0 Å². The van der Waals surface area contributed by atoms with Crippen molar-refractivity contribution in [2.75, 3.05) is 13.1 Å². The van der Waals surface area contributed by atoms with E-state index < -0.39 is 12.2 Å². The zero-order chi connectivity index (χ0) is 12.6. The molecule has 90 valence electrons. The summed E-state index contributed by atoms with van der Waals surface area (Å²) in [6.07, 6.45) is -2.75. The third-order valence-electron chi connectivity index (χ3n) is 1.39. The second-order valence-electron chi connectivity index (χ2n) is 3.68. The average Bonchev–Trinajstić information content (AvgIpc) is 1.95. The molecule has 0 aromatic carbocycles. The van der Waals surface area contributed by atoms with Gasteiger partial charge in [0.05, 0.1) is 0 Å². The predicted molar refractivity (Wildman–Crippen MR) is 54.2 cm³/mol. The van der Waals surface area contributed by atoms with E-state index in [1.54, 1.807) is 0 Å². The zero-order valence-corrected chi connectivity index (χ0v) is 9.10. The monoisotopic (exact) mass is 222 g/mol. The maximum atomic E-state index is 10.6. The molecule has 5 N–H and O–H groups in total. The van der Waals surface area contributed by atoms with Gasteiger partial charge in [-0.25, -0.2) is 9.59 Å². The lowest BCUT2D eigenvalue weighted by molar-refractivity contribution is 0.102. The van der Waals surface area contributed by atoms with Gasteiger partial charge >= 0.3 is 12.2 Å². The van der Waals surface area contributed by atoms with Crippen LogP contribution in [0.1, 0.15) is 20.8 Å². The lowest BCUT2D eigenvalue weighted by Crippen LogP contribution is -2.47. The second kappa shape index (κ2) is 6.88. The Morgan fingerprint density at radius 1 is 1.20 bits per heavy atom. The van der Waals surface area contributed by atoms with Gasteiger partial charge < -0.3 is 26.0 Å². The van der Waals surface area contributed by atoms with Gasteiger partial charge in [0.2, 0.25) is 0 Å². The summed E-state index contributed by atoms with van der Waals surface area (Å²) in [6, 6.07) is 0. The number of amides is 1. The summed E-state index contributed by atoms with van der Waals surface area (Å²) in [5.74, 6) is 0. The minimum atomic E-state index is -1.83. The minimum Gasteiger partial charge on any atom is -0.465 e. The number of nitrogens with two attached hydrogens (primary N) is 1. The van der Waals surface area contributed by atoms with Crippen LogP contribution in [0.4, 0.5) is 9.59 Å². The van der Waals surface area contributed by atoms with Crippen LogP contribution in [0, 0.1) is 0 Å².